The van der Waals surface area contributed by atoms with E-state index in [1.807, 2.05) is 13.0 Å². The molecule has 0 saturated carbocycles. The molecule has 172 valence electrons. The number of hydrogen-bond donors (Lipinski definition) is 3. The fourth-order valence-corrected chi connectivity index (χ4v) is 5.47. The van der Waals surface area contributed by atoms with Gasteiger partial charge in [-0.2, -0.15) is 4.72 Å². The van der Waals surface area contributed by atoms with Crippen molar-refractivity contribution in [2.24, 2.45) is 7.05 Å². The molecule has 3 heterocycles. The van der Waals surface area contributed by atoms with E-state index in [1.54, 1.807) is 25.2 Å². The lowest BCUT2D eigenvalue weighted by Gasteiger charge is -2.42. The Morgan fingerprint density at radius 2 is 1.94 bits per heavy atom. The maximum absolute atomic E-state index is 13.5. The Hall–Kier alpha value is -2.96. The first-order valence-corrected chi connectivity index (χ1v) is 11.2. The zero-order chi connectivity index (χ0) is 23.5. The molecular weight excluding hydrogens is 444 g/mol. The summed E-state index contributed by atoms with van der Waals surface area (Å²) in [6.45, 7) is 3.44. The van der Waals surface area contributed by atoms with Crippen LogP contribution in [0.15, 0.2) is 41.6 Å². The molecule has 12 heteroatoms. The molecule has 32 heavy (non-hydrogen) atoms. The minimum absolute atomic E-state index is 0.0131. The largest absolute Gasteiger partial charge is 0.488 e. The van der Waals surface area contributed by atoms with Crippen LogP contribution in [0, 0.1) is 11.6 Å². The molecule has 2 aromatic rings. The molecule has 2 atom stereocenters. The highest BCUT2D eigenvalue weighted by atomic mass is 32.2. The van der Waals surface area contributed by atoms with E-state index in [1.165, 1.54) is 23.9 Å². The van der Waals surface area contributed by atoms with Gasteiger partial charge in [0, 0.05) is 38.2 Å². The number of halogens is 2. The van der Waals surface area contributed by atoms with Crippen LogP contribution in [0.5, 0.6) is 5.75 Å². The van der Waals surface area contributed by atoms with Crippen LogP contribution >= 0.6 is 0 Å². The molecule has 0 spiro atoms. The quantitative estimate of drug-likeness (QED) is 0.635. The molecule has 1 amide bonds. The predicted octanol–water partition coefficient (Wildman–Crippen LogP) is 1.71. The van der Waals surface area contributed by atoms with E-state index in [-0.39, 0.29) is 28.6 Å². The number of ether oxygens (including phenoxy) is 1. The maximum Gasteiger partial charge on any atom is 0.276 e. The zero-order valence-corrected chi connectivity index (χ0v) is 18.7. The summed E-state index contributed by atoms with van der Waals surface area (Å²) >= 11 is 0. The van der Waals surface area contributed by atoms with Gasteiger partial charge in [-0.05, 0) is 32.1 Å². The van der Waals surface area contributed by atoms with Gasteiger partial charge in [-0.25, -0.2) is 22.6 Å². The van der Waals surface area contributed by atoms with Crippen molar-refractivity contribution in [3.05, 3.63) is 54.0 Å². The first-order valence-electron chi connectivity index (χ1n) is 9.68. The topological polar surface area (TPSA) is 105 Å². The molecular formula is C20H23F2N5O4S. The summed E-state index contributed by atoms with van der Waals surface area (Å²) in [5, 5.41) is 4.15. The van der Waals surface area contributed by atoms with Gasteiger partial charge in [0.2, 0.25) is 10.0 Å². The summed E-state index contributed by atoms with van der Waals surface area (Å²) in [7, 11) is -0.803. The Morgan fingerprint density at radius 3 is 2.56 bits per heavy atom. The molecule has 0 radical (unpaired) electrons. The minimum Gasteiger partial charge on any atom is -0.488 e. The standard InChI is InChI=1S/C20H23F2N5O4S/c1-19(7-8-27(4)24-19)20(2)11-31-17-15(32(29,30)25-20)10-26(3)16(17)18(28)23-12-5-6-13(21)14(22)9-12/h5-10,24-25H,11H2,1-4H3,(H,23,28). The molecule has 0 aliphatic carbocycles. The number of benzene rings is 1. The molecule has 1 aromatic heterocycles. The Labute approximate surface area is 184 Å². The Morgan fingerprint density at radius 1 is 1.22 bits per heavy atom. The van der Waals surface area contributed by atoms with Crippen molar-refractivity contribution in [2.75, 3.05) is 19.0 Å². The molecule has 9 nitrogen and oxygen atoms in total. The molecule has 2 aliphatic heterocycles. The minimum atomic E-state index is -4.08. The Bertz CT molecular complexity index is 1240. The summed E-state index contributed by atoms with van der Waals surface area (Å²) < 4.78 is 63.1. The SMILES string of the molecule is CN1C=CC(C)(C2(C)COc3c(cn(C)c3C(=O)Nc3ccc(F)c(F)c3)S(=O)(=O)N2)N1. The monoisotopic (exact) mass is 467 g/mol. The highest BCUT2D eigenvalue weighted by Gasteiger charge is 2.51. The smallest absolute Gasteiger partial charge is 0.276 e. The van der Waals surface area contributed by atoms with Gasteiger partial charge < -0.3 is 19.6 Å². The lowest BCUT2D eigenvalue weighted by molar-refractivity contribution is 0.0994. The molecule has 0 saturated heterocycles. The second kappa shape index (κ2) is 7.29. The van der Waals surface area contributed by atoms with Crippen LogP contribution in [0.1, 0.15) is 24.3 Å². The second-order valence-corrected chi connectivity index (χ2v) is 9.98. The highest BCUT2D eigenvalue weighted by Crippen LogP contribution is 2.38. The average Bonchev–Trinajstić information content (AvgIpc) is 3.20. The number of fused-ring (bicyclic) bond motifs is 1. The number of sulfonamides is 1. The molecule has 0 bridgehead atoms. The van der Waals surface area contributed by atoms with E-state index in [9.17, 15) is 22.0 Å². The molecule has 1 aromatic carbocycles. The van der Waals surface area contributed by atoms with Crippen LogP contribution in [-0.4, -0.2) is 48.6 Å². The predicted molar refractivity (Wildman–Crippen MR) is 112 cm³/mol. The average molecular weight is 467 g/mol. The van der Waals surface area contributed by atoms with Gasteiger partial charge in [0.05, 0.1) is 11.1 Å². The molecule has 4 rings (SSSR count). The van der Waals surface area contributed by atoms with Crippen LogP contribution < -0.4 is 20.2 Å². The summed E-state index contributed by atoms with van der Waals surface area (Å²) in [5.74, 6) is -3.03. The zero-order valence-electron chi connectivity index (χ0n) is 17.9. The fourth-order valence-electron chi connectivity index (χ4n) is 3.80. The van der Waals surface area contributed by atoms with E-state index in [2.05, 4.69) is 15.5 Å². The lowest BCUT2D eigenvalue weighted by atomic mass is 9.81. The van der Waals surface area contributed by atoms with Gasteiger partial charge in [0.25, 0.3) is 5.91 Å². The van der Waals surface area contributed by atoms with Crippen molar-refractivity contribution in [1.29, 1.82) is 0 Å². The van der Waals surface area contributed by atoms with E-state index in [4.69, 9.17) is 4.74 Å². The number of aryl methyl sites for hydroxylation is 1. The summed E-state index contributed by atoms with van der Waals surface area (Å²) in [4.78, 5) is 12.7. The van der Waals surface area contributed by atoms with E-state index >= 15 is 0 Å². The van der Waals surface area contributed by atoms with Gasteiger partial charge in [0.15, 0.2) is 23.1 Å². The number of hydrazine groups is 1. The molecule has 3 N–H and O–H groups in total. The number of carbonyl (C=O) groups is 1. The summed E-state index contributed by atoms with van der Waals surface area (Å²) in [6.07, 6.45) is 4.87. The van der Waals surface area contributed by atoms with Gasteiger partial charge in [-0.1, -0.05) is 0 Å². The van der Waals surface area contributed by atoms with Crippen LogP contribution in [0.2, 0.25) is 0 Å². The summed E-state index contributed by atoms with van der Waals surface area (Å²) in [6, 6.07) is 2.91. The number of nitrogens with one attached hydrogen (secondary N) is 3. The van der Waals surface area contributed by atoms with Crippen molar-refractivity contribution in [2.45, 2.75) is 29.8 Å². The molecule has 2 unspecified atom stereocenters. The summed E-state index contributed by atoms with van der Waals surface area (Å²) in [5.41, 5.74) is 1.20. The van der Waals surface area contributed by atoms with E-state index in [0.717, 1.165) is 12.1 Å². The highest BCUT2D eigenvalue weighted by molar-refractivity contribution is 7.89. The Balaban J connectivity index is 1.70. The van der Waals surface area contributed by atoms with Crippen molar-refractivity contribution < 1.29 is 26.7 Å². The van der Waals surface area contributed by atoms with Crippen LogP contribution in [0.25, 0.3) is 0 Å². The number of amides is 1. The van der Waals surface area contributed by atoms with Crippen LogP contribution in [0.4, 0.5) is 14.5 Å². The van der Waals surface area contributed by atoms with Crippen molar-refractivity contribution >= 4 is 21.6 Å². The van der Waals surface area contributed by atoms with Crippen LogP contribution in [0.3, 0.4) is 0 Å². The first kappa shape index (κ1) is 22.2. The Kier molecular flexibility index (Phi) is 5.07. The maximum atomic E-state index is 13.5. The third-order valence-electron chi connectivity index (χ3n) is 5.84. The number of anilines is 1. The third kappa shape index (κ3) is 3.53. The molecule has 0 fully saturated rings. The third-order valence-corrected chi connectivity index (χ3v) is 7.42. The van der Waals surface area contributed by atoms with Gasteiger partial charge >= 0.3 is 0 Å². The number of hydrogen-bond acceptors (Lipinski definition) is 6. The van der Waals surface area contributed by atoms with Gasteiger partial charge in [0.1, 0.15) is 11.5 Å². The van der Waals surface area contributed by atoms with E-state index < -0.39 is 38.6 Å². The number of rotatable bonds is 3. The van der Waals surface area contributed by atoms with Gasteiger partial charge in [-0.15, -0.1) is 0 Å². The van der Waals surface area contributed by atoms with Crippen LogP contribution in [-0.2, 0) is 17.1 Å². The van der Waals surface area contributed by atoms with E-state index in [0.29, 0.717) is 0 Å². The first-order chi connectivity index (χ1) is 14.9. The number of aromatic nitrogens is 1. The van der Waals surface area contributed by atoms with Gasteiger partial charge in [-0.3, -0.25) is 4.79 Å². The lowest BCUT2D eigenvalue weighted by Crippen LogP contribution is -2.68. The van der Waals surface area contributed by atoms with Crippen molar-refractivity contribution in [1.82, 2.24) is 19.7 Å². The van der Waals surface area contributed by atoms with Crippen molar-refractivity contribution in [3.8, 4) is 5.75 Å². The second-order valence-electron chi connectivity index (χ2n) is 8.33. The molecule has 2 aliphatic rings. The number of carbonyl (C=O) groups excluding carboxylic acids is 1. The number of nitrogens with zero attached hydrogens (tertiary/aromatic N) is 2. The normalized spacial score (nSPS) is 26.4. The van der Waals surface area contributed by atoms with Crippen molar-refractivity contribution in [3.63, 3.8) is 0 Å². The fraction of sp³-hybridized carbons (Fsp3) is 0.350.